The number of nitrogens with one attached hydrogen (secondary N) is 1. The van der Waals surface area contributed by atoms with Crippen LogP contribution in [-0.2, 0) is 6.42 Å². The van der Waals surface area contributed by atoms with E-state index >= 15 is 0 Å². The van der Waals surface area contributed by atoms with Crippen molar-refractivity contribution in [2.24, 2.45) is 5.73 Å². The first-order valence-corrected chi connectivity index (χ1v) is 4.17. The van der Waals surface area contributed by atoms with Gasteiger partial charge < -0.3 is 10.7 Å². The van der Waals surface area contributed by atoms with E-state index in [-0.39, 0.29) is 17.0 Å². The Labute approximate surface area is 87.9 Å². The molecule has 0 amide bonds. The molecule has 0 aliphatic heterocycles. The largest absolute Gasteiger partial charge is 0.358 e. The molecular weight excluding hydrogens is 228 g/mol. The Hall–Kier alpha value is -0.800. The zero-order valence-corrected chi connectivity index (χ0v) is 9.00. The molecule has 0 aliphatic carbocycles. The minimum absolute atomic E-state index is 0. The summed E-state index contributed by atoms with van der Waals surface area (Å²) in [5.74, 6) is 0. The summed E-state index contributed by atoms with van der Waals surface area (Å²) >= 11 is 0. The molecule has 13 heavy (non-hydrogen) atoms. The van der Waals surface area contributed by atoms with Crippen LogP contribution in [0.2, 0.25) is 0 Å². The van der Waals surface area contributed by atoms with Crippen LogP contribution in [0.4, 0.5) is 0 Å². The Morgan fingerprint density at radius 1 is 1.23 bits per heavy atom. The molecule has 0 unspecified atom stereocenters. The van der Waals surface area contributed by atoms with Crippen molar-refractivity contribution in [2.75, 3.05) is 6.54 Å². The number of para-hydroxylation sites is 1. The third-order valence-corrected chi connectivity index (χ3v) is 2.00. The van der Waals surface area contributed by atoms with Crippen molar-refractivity contribution in [3.8, 4) is 0 Å². The van der Waals surface area contributed by atoms with Gasteiger partial charge in [-0.05, 0) is 30.5 Å². The summed E-state index contributed by atoms with van der Waals surface area (Å²) in [6.45, 7) is 0.701. The Kier molecular flexibility index (Phi) is 3.51. The standard InChI is InChI=1S/C10H12N2.BrH/c11-6-5-9-7-8-3-1-2-4-10(8)12-9;/h1-4,7,12H,5-6,11H2;1H. The molecule has 0 saturated heterocycles. The van der Waals surface area contributed by atoms with Gasteiger partial charge in [0.05, 0.1) is 0 Å². The SMILES string of the molecule is Br.NCCc1cc2ccccc2[nH]1. The van der Waals surface area contributed by atoms with Crippen molar-refractivity contribution >= 4 is 27.9 Å². The van der Waals surface area contributed by atoms with Crippen LogP contribution in [0.25, 0.3) is 10.9 Å². The molecule has 0 bridgehead atoms. The summed E-state index contributed by atoms with van der Waals surface area (Å²) in [6.07, 6.45) is 0.925. The maximum absolute atomic E-state index is 5.46. The van der Waals surface area contributed by atoms with E-state index in [0.717, 1.165) is 6.42 Å². The van der Waals surface area contributed by atoms with Gasteiger partial charge >= 0.3 is 0 Å². The number of hydrogen-bond donors (Lipinski definition) is 2. The minimum Gasteiger partial charge on any atom is -0.358 e. The molecule has 0 atom stereocenters. The summed E-state index contributed by atoms with van der Waals surface area (Å²) in [5.41, 5.74) is 7.88. The van der Waals surface area contributed by atoms with Crippen molar-refractivity contribution in [2.45, 2.75) is 6.42 Å². The highest BCUT2D eigenvalue weighted by Crippen LogP contribution is 2.14. The molecule has 1 aromatic carbocycles. The zero-order chi connectivity index (χ0) is 8.39. The Morgan fingerprint density at radius 2 is 2.00 bits per heavy atom. The molecule has 70 valence electrons. The number of rotatable bonds is 2. The molecule has 1 heterocycles. The fraction of sp³-hybridized carbons (Fsp3) is 0.200. The number of fused-ring (bicyclic) bond motifs is 1. The first-order valence-electron chi connectivity index (χ1n) is 4.17. The number of halogens is 1. The van der Waals surface area contributed by atoms with E-state index in [2.05, 4.69) is 23.2 Å². The second-order valence-corrected chi connectivity index (χ2v) is 2.92. The molecule has 1 aromatic heterocycles. The van der Waals surface area contributed by atoms with E-state index in [1.807, 2.05) is 12.1 Å². The molecule has 3 heteroatoms. The highest BCUT2D eigenvalue weighted by molar-refractivity contribution is 8.93. The lowest BCUT2D eigenvalue weighted by atomic mass is 10.2. The topological polar surface area (TPSA) is 41.8 Å². The molecule has 0 spiro atoms. The van der Waals surface area contributed by atoms with Crippen molar-refractivity contribution in [3.05, 3.63) is 36.0 Å². The smallest absolute Gasteiger partial charge is 0.0456 e. The van der Waals surface area contributed by atoms with E-state index in [4.69, 9.17) is 5.73 Å². The fourth-order valence-corrected chi connectivity index (χ4v) is 1.42. The second-order valence-electron chi connectivity index (χ2n) is 2.92. The fourth-order valence-electron chi connectivity index (χ4n) is 1.42. The highest BCUT2D eigenvalue weighted by Gasteiger charge is 1.97. The van der Waals surface area contributed by atoms with Crippen LogP contribution in [0.1, 0.15) is 5.69 Å². The van der Waals surface area contributed by atoms with Crippen LogP contribution in [0.15, 0.2) is 30.3 Å². The van der Waals surface area contributed by atoms with Gasteiger partial charge in [-0.3, -0.25) is 0 Å². The molecular formula is C10H13BrN2. The van der Waals surface area contributed by atoms with Crippen molar-refractivity contribution in [3.63, 3.8) is 0 Å². The van der Waals surface area contributed by atoms with Crippen LogP contribution in [-0.4, -0.2) is 11.5 Å². The molecule has 2 aromatic rings. The number of aromatic amines is 1. The van der Waals surface area contributed by atoms with Crippen molar-refractivity contribution < 1.29 is 0 Å². The van der Waals surface area contributed by atoms with Gasteiger partial charge in [-0.25, -0.2) is 0 Å². The molecule has 2 rings (SSSR count). The minimum atomic E-state index is 0. The van der Waals surface area contributed by atoms with E-state index in [1.54, 1.807) is 0 Å². The average molecular weight is 241 g/mol. The summed E-state index contributed by atoms with van der Waals surface area (Å²) in [7, 11) is 0. The molecule has 0 radical (unpaired) electrons. The summed E-state index contributed by atoms with van der Waals surface area (Å²) in [6, 6.07) is 10.4. The first kappa shape index (κ1) is 10.3. The predicted molar refractivity (Wildman–Crippen MR) is 61.4 cm³/mol. The van der Waals surface area contributed by atoms with Crippen molar-refractivity contribution in [1.29, 1.82) is 0 Å². The lowest BCUT2D eigenvalue weighted by Gasteiger charge is -1.89. The Balaban J connectivity index is 0.000000845. The third kappa shape index (κ3) is 2.11. The molecule has 0 aliphatic rings. The van der Waals surface area contributed by atoms with Gasteiger partial charge in [0.25, 0.3) is 0 Å². The number of nitrogens with two attached hydrogens (primary N) is 1. The molecule has 3 N–H and O–H groups in total. The third-order valence-electron chi connectivity index (χ3n) is 2.00. The number of benzene rings is 1. The van der Waals surface area contributed by atoms with Gasteiger partial charge in [-0.15, -0.1) is 17.0 Å². The molecule has 0 saturated carbocycles. The van der Waals surface area contributed by atoms with Gasteiger partial charge in [0.2, 0.25) is 0 Å². The number of aromatic nitrogens is 1. The average Bonchev–Trinajstić information content (AvgIpc) is 2.47. The maximum atomic E-state index is 5.46. The summed E-state index contributed by atoms with van der Waals surface area (Å²) < 4.78 is 0. The Morgan fingerprint density at radius 3 is 2.69 bits per heavy atom. The maximum Gasteiger partial charge on any atom is 0.0456 e. The van der Waals surface area contributed by atoms with E-state index in [0.29, 0.717) is 6.54 Å². The van der Waals surface area contributed by atoms with Crippen LogP contribution in [0, 0.1) is 0 Å². The first-order chi connectivity index (χ1) is 5.90. The van der Waals surface area contributed by atoms with Gasteiger partial charge in [0, 0.05) is 11.2 Å². The van der Waals surface area contributed by atoms with Crippen LogP contribution >= 0.6 is 17.0 Å². The summed E-state index contributed by atoms with van der Waals surface area (Å²) in [5, 5.41) is 1.26. The Bertz CT molecular complexity index is 348. The second kappa shape index (κ2) is 4.44. The van der Waals surface area contributed by atoms with Gasteiger partial charge in [-0.2, -0.15) is 0 Å². The van der Waals surface area contributed by atoms with Crippen molar-refractivity contribution in [1.82, 2.24) is 4.98 Å². The van der Waals surface area contributed by atoms with Crippen LogP contribution in [0.3, 0.4) is 0 Å². The molecule has 2 nitrogen and oxygen atoms in total. The predicted octanol–water partition coefficient (Wildman–Crippen LogP) is 2.25. The molecule has 0 fully saturated rings. The zero-order valence-electron chi connectivity index (χ0n) is 7.29. The number of hydrogen-bond acceptors (Lipinski definition) is 1. The lowest BCUT2D eigenvalue weighted by Crippen LogP contribution is -2.02. The van der Waals surface area contributed by atoms with Gasteiger partial charge in [-0.1, -0.05) is 18.2 Å². The monoisotopic (exact) mass is 240 g/mol. The van der Waals surface area contributed by atoms with E-state index in [1.165, 1.54) is 16.6 Å². The van der Waals surface area contributed by atoms with Crippen LogP contribution < -0.4 is 5.73 Å². The highest BCUT2D eigenvalue weighted by atomic mass is 79.9. The normalized spacial score (nSPS) is 9.92. The van der Waals surface area contributed by atoms with E-state index < -0.39 is 0 Å². The number of H-pyrrole nitrogens is 1. The summed E-state index contributed by atoms with van der Waals surface area (Å²) in [4.78, 5) is 3.32. The lowest BCUT2D eigenvalue weighted by molar-refractivity contribution is 0.940. The quantitative estimate of drug-likeness (QED) is 0.831. The van der Waals surface area contributed by atoms with Gasteiger partial charge in [0.1, 0.15) is 0 Å². The van der Waals surface area contributed by atoms with Gasteiger partial charge in [0.15, 0.2) is 0 Å². The van der Waals surface area contributed by atoms with Crippen LogP contribution in [0.5, 0.6) is 0 Å². The van der Waals surface area contributed by atoms with E-state index in [9.17, 15) is 0 Å².